The average Bonchev–Trinajstić information content (AvgIpc) is 3.12. The third-order valence-corrected chi connectivity index (χ3v) is 4.72. The highest BCUT2D eigenvalue weighted by Gasteiger charge is 2.20. The highest BCUT2D eigenvalue weighted by atomic mass is 16.5. The van der Waals surface area contributed by atoms with E-state index in [2.05, 4.69) is 15.6 Å². The van der Waals surface area contributed by atoms with Crippen molar-refractivity contribution in [3.8, 4) is 17.0 Å². The molecular formula is C22H20N4O4. The highest BCUT2D eigenvalue weighted by molar-refractivity contribution is 5.94. The summed E-state index contributed by atoms with van der Waals surface area (Å²) in [4.78, 5) is 25.4. The van der Waals surface area contributed by atoms with Crippen LogP contribution in [0.2, 0.25) is 0 Å². The van der Waals surface area contributed by atoms with Crippen LogP contribution in [-0.2, 0) is 11.3 Å². The fourth-order valence-corrected chi connectivity index (χ4v) is 3.25. The number of ether oxygens (including phenoxy) is 1. The Labute approximate surface area is 172 Å². The molecule has 0 radical (unpaired) electrons. The van der Waals surface area contributed by atoms with Crippen LogP contribution < -0.4 is 15.6 Å². The van der Waals surface area contributed by atoms with Crippen molar-refractivity contribution in [3.63, 3.8) is 0 Å². The number of rotatable bonds is 5. The predicted molar refractivity (Wildman–Crippen MR) is 113 cm³/mol. The zero-order valence-corrected chi connectivity index (χ0v) is 16.8. The summed E-state index contributed by atoms with van der Waals surface area (Å²) in [6.07, 6.45) is 0. The van der Waals surface area contributed by atoms with Crippen LogP contribution in [0.3, 0.4) is 0 Å². The van der Waals surface area contributed by atoms with Gasteiger partial charge >= 0.3 is 0 Å². The monoisotopic (exact) mass is 404 g/mol. The number of amides is 1. The van der Waals surface area contributed by atoms with Gasteiger partial charge in [0.15, 0.2) is 5.52 Å². The van der Waals surface area contributed by atoms with Gasteiger partial charge in [0.05, 0.1) is 12.5 Å². The molecule has 0 bridgehead atoms. The molecule has 1 N–H and O–H groups in total. The van der Waals surface area contributed by atoms with E-state index in [4.69, 9.17) is 9.26 Å². The maximum Gasteiger partial charge on any atom is 0.297 e. The zero-order valence-electron chi connectivity index (χ0n) is 16.8. The van der Waals surface area contributed by atoms with Gasteiger partial charge < -0.3 is 14.6 Å². The second-order valence-electron chi connectivity index (χ2n) is 6.92. The highest BCUT2D eigenvalue weighted by Crippen LogP contribution is 2.28. The van der Waals surface area contributed by atoms with Crippen molar-refractivity contribution in [2.45, 2.75) is 20.4 Å². The molecule has 2 aromatic carbocycles. The summed E-state index contributed by atoms with van der Waals surface area (Å²) < 4.78 is 11.6. The molecule has 0 aliphatic rings. The lowest BCUT2D eigenvalue weighted by Gasteiger charge is -2.10. The topological polar surface area (TPSA) is 99.2 Å². The number of methoxy groups -OCH3 is 1. The van der Waals surface area contributed by atoms with E-state index >= 15 is 0 Å². The lowest BCUT2D eigenvalue weighted by Crippen LogP contribution is -2.30. The van der Waals surface area contributed by atoms with Gasteiger partial charge in [-0.15, -0.1) is 0 Å². The van der Waals surface area contributed by atoms with Crippen molar-refractivity contribution in [1.29, 1.82) is 0 Å². The van der Waals surface area contributed by atoms with Gasteiger partial charge in [-0.2, -0.15) is 5.10 Å². The van der Waals surface area contributed by atoms with E-state index in [1.807, 2.05) is 37.3 Å². The smallest absolute Gasteiger partial charge is 0.297 e. The van der Waals surface area contributed by atoms with Gasteiger partial charge in [-0.05, 0) is 55.8 Å². The molecule has 30 heavy (non-hydrogen) atoms. The lowest BCUT2D eigenvalue weighted by atomic mass is 10.1. The molecule has 2 aromatic heterocycles. The van der Waals surface area contributed by atoms with E-state index in [1.54, 1.807) is 32.2 Å². The zero-order chi connectivity index (χ0) is 21.3. The van der Waals surface area contributed by atoms with Crippen LogP contribution in [0, 0.1) is 13.8 Å². The van der Waals surface area contributed by atoms with Crippen molar-refractivity contribution in [2.75, 3.05) is 12.4 Å². The first kappa shape index (κ1) is 19.4. The van der Waals surface area contributed by atoms with E-state index in [0.717, 1.165) is 15.8 Å². The number of anilines is 1. The largest absolute Gasteiger partial charge is 0.497 e. The molecule has 1 amide bonds. The summed E-state index contributed by atoms with van der Waals surface area (Å²) in [5.41, 5.74) is 2.58. The van der Waals surface area contributed by atoms with Gasteiger partial charge in [-0.1, -0.05) is 17.3 Å². The minimum atomic E-state index is -0.487. The molecule has 0 unspecified atom stereocenters. The number of hydrogen-bond acceptors (Lipinski definition) is 6. The lowest BCUT2D eigenvalue weighted by molar-refractivity contribution is -0.117. The van der Waals surface area contributed by atoms with Crippen LogP contribution in [0.4, 0.5) is 5.69 Å². The average molecular weight is 404 g/mol. The van der Waals surface area contributed by atoms with Crippen LogP contribution >= 0.6 is 0 Å². The van der Waals surface area contributed by atoms with Gasteiger partial charge in [0, 0.05) is 11.3 Å². The number of carbonyl (C=O) groups excluding carboxylic acids is 1. The molecule has 0 atom stereocenters. The van der Waals surface area contributed by atoms with Crippen LogP contribution in [0.1, 0.15) is 11.3 Å². The van der Waals surface area contributed by atoms with E-state index in [9.17, 15) is 9.59 Å². The maximum absolute atomic E-state index is 12.8. The second kappa shape index (κ2) is 7.82. The number of nitrogens with zero attached hydrogens (tertiary/aromatic N) is 3. The first-order valence-corrected chi connectivity index (χ1v) is 9.34. The standard InChI is InChI=1S/C22H20N4O4/c1-13-5-4-6-16(11-13)23-18(27)12-26-22(28)21-19(14(2)30-25-21)20(24-26)15-7-9-17(29-3)10-8-15/h4-11H,12H2,1-3H3,(H,23,27). The molecule has 0 fully saturated rings. The Bertz CT molecular complexity index is 1290. The van der Waals surface area contributed by atoms with Crippen molar-refractivity contribution < 1.29 is 14.1 Å². The molecule has 2 heterocycles. The minimum absolute atomic E-state index is 0.136. The summed E-state index contributed by atoms with van der Waals surface area (Å²) in [7, 11) is 1.59. The minimum Gasteiger partial charge on any atom is -0.497 e. The number of aromatic nitrogens is 3. The van der Waals surface area contributed by atoms with Gasteiger partial charge in [-0.25, -0.2) is 4.68 Å². The SMILES string of the molecule is COc1ccc(-c2nn(CC(=O)Nc3cccc(C)c3)c(=O)c3noc(C)c23)cc1. The Hall–Kier alpha value is -3.94. The Balaban J connectivity index is 1.74. The summed E-state index contributed by atoms with van der Waals surface area (Å²) in [6.45, 7) is 3.40. The summed E-state index contributed by atoms with van der Waals surface area (Å²) in [6, 6.07) is 14.7. The molecule has 8 heteroatoms. The maximum atomic E-state index is 12.8. The van der Waals surface area contributed by atoms with Gasteiger partial charge in [0.1, 0.15) is 23.7 Å². The van der Waals surface area contributed by atoms with E-state index in [-0.39, 0.29) is 18.0 Å². The number of aryl methyl sites for hydroxylation is 2. The number of hydrogen-bond donors (Lipinski definition) is 1. The van der Waals surface area contributed by atoms with Crippen LogP contribution in [-0.4, -0.2) is 28.0 Å². The Morgan fingerprint density at radius 2 is 1.93 bits per heavy atom. The molecule has 0 aliphatic heterocycles. The fraction of sp³-hybridized carbons (Fsp3) is 0.182. The van der Waals surface area contributed by atoms with Crippen molar-refractivity contribution >= 4 is 22.5 Å². The first-order valence-electron chi connectivity index (χ1n) is 9.34. The number of fused-ring (bicyclic) bond motifs is 1. The van der Waals surface area contributed by atoms with Crippen LogP contribution in [0.5, 0.6) is 5.75 Å². The third kappa shape index (κ3) is 3.67. The summed E-state index contributed by atoms with van der Waals surface area (Å²) in [5.74, 6) is 0.815. The summed E-state index contributed by atoms with van der Waals surface area (Å²) >= 11 is 0. The number of nitrogens with one attached hydrogen (secondary N) is 1. The van der Waals surface area contributed by atoms with Gasteiger partial charge in [0.25, 0.3) is 5.56 Å². The quantitative estimate of drug-likeness (QED) is 0.548. The Kier molecular flexibility index (Phi) is 5.05. The molecular weight excluding hydrogens is 384 g/mol. The van der Waals surface area contributed by atoms with E-state index < -0.39 is 5.56 Å². The van der Waals surface area contributed by atoms with Gasteiger partial charge in [-0.3, -0.25) is 9.59 Å². The molecule has 152 valence electrons. The Morgan fingerprint density at radius 3 is 2.63 bits per heavy atom. The molecule has 0 saturated carbocycles. The summed E-state index contributed by atoms with van der Waals surface area (Å²) in [5, 5.41) is 11.7. The van der Waals surface area contributed by atoms with E-state index in [0.29, 0.717) is 28.3 Å². The van der Waals surface area contributed by atoms with Crippen LogP contribution in [0.15, 0.2) is 57.8 Å². The van der Waals surface area contributed by atoms with Gasteiger partial charge in [0.2, 0.25) is 5.91 Å². The van der Waals surface area contributed by atoms with Crippen molar-refractivity contribution in [2.24, 2.45) is 0 Å². The normalized spacial score (nSPS) is 10.9. The Morgan fingerprint density at radius 1 is 1.17 bits per heavy atom. The first-order chi connectivity index (χ1) is 14.5. The molecule has 8 nitrogen and oxygen atoms in total. The third-order valence-electron chi connectivity index (χ3n) is 4.72. The molecule has 4 rings (SSSR count). The predicted octanol–water partition coefficient (Wildman–Crippen LogP) is 3.32. The second-order valence-corrected chi connectivity index (χ2v) is 6.92. The fourth-order valence-electron chi connectivity index (χ4n) is 3.25. The van der Waals surface area contributed by atoms with Crippen molar-refractivity contribution in [3.05, 3.63) is 70.2 Å². The molecule has 0 spiro atoms. The molecule has 0 saturated heterocycles. The molecule has 0 aliphatic carbocycles. The molecule has 4 aromatic rings. The van der Waals surface area contributed by atoms with Crippen LogP contribution in [0.25, 0.3) is 22.2 Å². The number of benzene rings is 2. The number of carbonyl (C=O) groups is 1. The van der Waals surface area contributed by atoms with Crippen molar-refractivity contribution in [1.82, 2.24) is 14.9 Å². The van der Waals surface area contributed by atoms with E-state index in [1.165, 1.54) is 0 Å².